The summed E-state index contributed by atoms with van der Waals surface area (Å²) in [7, 11) is 2.00. The van der Waals surface area contributed by atoms with Crippen molar-refractivity contribution in [2.45, 2.75) is 6.92 Å². The number of aryl methyl sites for hydroxylation is 1. The van der Waals surface area contributed by atoms with Crippen LogP contribution in [-0.2, 0) is 7.05 Å². The van der Waals surface area contributed by atoms with Crippen molar-refractivity contribution in [1.29, 1.82) is 0 Å². The zero-order chi connectivity index (χ0) is 12.7. The maximum absolute atomic E-state index is 11.4. The van der Waals surface area contributed by atoms with Crippen molar-refractivity contribution in [2.24, 2.45) is 7.05 Å². The average molecular weight is 256 g/mol. The summed E-state index contributed by atoms with van der Waals surface area (Å²) in [6.45, 7) is 1.57. The molecule has 0 aliphatic rings. The molecule has 18 heavy (non-hydrogen) atoms. The van der Waals surface area contributed by atoms with Crippen molar-refractivity contribution in [3.05, 3.63) is 41.3 Å². The van der Waals surface area contributed by atoms with Crippen LogP contribution in [0.5, 0.6) is 0 Å². The van der Waals surface area contributed by atoms with E-state index < -0.39 is 0 Å². The molecule has 0 saturated heterocycles. The van der Waals surface area contributed by atoms with Crippen molar-refractivity contribution in [1.82, 2.24) is 9.55 Å². The van der Waals surface area contributed by atoms with E-state index in [9.17, 15) is 4.79 Å². The summed E-state index contributed by atoms with van der Waals surface area (Å²) < 4.78 is 2.06. The predicted molar refractivity (Wildman–Crippen MR) is 74.0 cm³/mol. The van der Waals surface area contributed by atoms with Gasteiger partial charge in [0.25, 0.3) is 0 Å². The highest BCUT2D eigenvalue weighted by Crippen LogP contribution is 2.27. The predicted octanol–water partition coefficient (Wildman–Crippen LogP) is 3.50. The first kappa shape index (κ1) is 11.2. The number of hydrogen-bond acceptors (Lipinski definition) is 3. The summed E-state index contributed by atoms with van der Waals surface area (Å²) in [5.41, 5.74) is 2.62. The smallest absolute Gasteiger partial charge is 0.159 e. The third-order valence-electron chi connectivity index (χ3n) is 3.03. The van der Waals surface area contributed by atoms with Gasteiger partial charge in [0.15, 0.2) is 11.6 Å². The minimum Gasteiger partial charge on any atom is -0.326 e. The summed E-state index contributed by atoms with van der Waals surface area (Å²) >= 11 is 1.67. The molecule has 0 saturated carbocycles. The molecule has 2 aromatic heterocycles. The first-order chi connectivity index (χ1) is 8.66. The zero-order valence-corrected chi connectivity index (χ0v) is 11.0. The number of ketones is 1. The number of carbonyl (C=O) groups excluding carboxylic acids is 1. The normalized spacial score (nSPS) is 11.0. The number of imidazole rings is 1. The number of rotatable bonds is 2. The lowest BCUT2D eigenvalue weighted by Crippen LogP contribution is -1.92. The van der Waals surface area contributed by atoms with Gasteiger partial charge in [-0.25, -0.2) is 4.98 Å². The topological polar surface area (TPSA) is 34.9 Å². The standard InChI is InChI=1S/C14H12N2OS/c1-9(17)10-5-6-12-11(8-10)15-14(16(12)2)13-4-3-7-18-13/h3-8H,1-2H3. The lowest BCUT2D eigenvalue weighted by molar-refractivity contribution is 0.101. The van der Waals surface area contributed by atoms with Crippen LogP contribution in [0.25, 0.3) is 21.7 Å². The molecule has 0 bridgehead atoms. The van der Waals surface area contributed by atoms with Crippen LogP contribution >= 0.6 is 11.3 Å². The Labute approximate surface area is 109 Å². The molecule has 3 aromatic rings. The SMILES string of the molecule is CC(=O)c1ccc2c(c1)nc(-c1cccs1)n2C. The molecule has 3 nitrogen and oxygen atoms in total. The van der Waals surface area contributed by atoms with Gasteiger partial charge in [0, 0.05) is 12.6 Å². The van der Waals surface area contributed by atoms with Crippen molar-refractivity contribution in [3.63, 3.8) is 0 Å². The molecule has 0 aliphatic carbocycles. The van der Waals surface area contributed by atoms with Gasteiger partial charge in [-0.05, 0) is 36.6 Å². The Morgan fingerprint density at radius 1 is 1.33 bits per heavy atom. The summed E-state index contributed by atoms with van der Waals surface area (Å²) in [6.07, 6.45) is 0. The van der Waals surface area contributed by atoms with Crippen LogP contribution in [-0.4, -0.2) is 15.3 Å². The van der Waals surface area contributed by atoms with Gasteiger partial charge in [0.1, 0.15) is 0 Å². The van der Waals surface area contributed by atoms with Gasteiger partial charge in [-0.1, -0.05) is 6.07 Å². The van der Waals surface area contributed by atoms with E-state index in [0.29, 0.717) is 5.56 Å². The van der Waals surface area contributed by atoms with E-state index in [1.165, 1.54) is 0 Å². The summed E-state index contributed by atoms with van der Waals surface area (Å²) in [4.78, 5) is 17.1. The maximum Gasteiger partial charge on any atom is 0.159 e. The van der Waals surface area contributed by atoms with Gasteiger partial charge in [-0.3, -0.25) is 4.79 Å². The van der Waals surface area contributed by atoms with Gasteiger partial charge in [0.2, 0.25) is 0 Å². The van der Waals surface area contributed by atoms with Crippen LogP contribution in [0.15, 0.2) is 35.7 Å². The second kappa shape index (κ2) is 4.07. The Morgan fingerprint density at radius 3 is 2.83 bits per heavy atom. The minimum absolute atomic E-state index is 0.0697. The van der Waals surface area contributed by atoms with E-state index in [1.807, 2.05) is 36.7 Å². The second-order valence-corrected chi connectivity index (χ2v) is 5.18. The molecular weight excluding hydrogens is 244 g/mol. The number of aromatic nitrogens is 2. The molecule has 0 spiro atoms. The molecule has 1 aromatic carbocycles. The van der Waals surface area contributed by atoms with Gasteiger partial charge in [0.05, 0.1) is 15.9 Å². The molecule has 90 valence electrons. The zero-order valence-electron chi connectivity index (χ0n) is 10.2. The molecule has 0 fully saturated rings. The highest BCUT2D eigenvalue weighted by Gasteiger charge is 2.11. The molecule has 0 radical (unpaired) electrons. The number of Topliss-reactive ketones (excluding diaryl/α,β-unsaturated/α-hetero) is 1. The highest BCUT2D eigenvalue weighted by molar-refractivity contribution is 7.13. The number of nitrogens with zero attached hydrogens (tertiary/aromatic N) is 2. The van der Waals surface area contributed by atoms with Gasteiger partial charge in [-0.2, -0.15) is 0 Å². The van der Waals surface area contributed by atoms with E-state index >= 15 is 0 Å². The van der Waals surface area contributed by atoms with E-state index in [-0.39, 0.29) is 5.78 Å². The van der Waals surface area contributed by atoms with Gasteiger partial charge in [-0.15, -0.1) is 11.3 Å². The second-order valence-electron chi connectivity index (χ2n) is 4.23. The van der Waals surface area contributed by atoms with Crippen LogP contribution in [0.3, 0.4) is 0 Å². The van der Waals surface area contributed by atoms with Gasteiger partial charge >= 0.3 is 0 Å². The average Bonchev–Trinajstić information content (AvgIpc) is 2.97. The Morgan fingerprint density at radius 2 is 2.17 bits per heavy atom. The van der Waals surface area contributed by atoms with Crippen molar-refractivity contribution < 1.29 is 4.79 Å². The van der Waals surface area contributed by atoms with Crippen LogP contribution < -0.4 is 0 Å². The van der Waals surface area contributed by atoms with E-state index in [4.69, 9.17) is 0 Å². The van der Waals surface area contributed by atoms with Crippen LogP contribution in [0.4, 0.5) is 0 Å². The van der Waals surface area contributed by atoms with Crippen molar-refractivity contribution >= 4 is 28.2 Å². The molecule has 0 atom stereocenters. The Balaban J connectivity index is 2.25. The number of fused-ring (bicyclic) bond motifs is 1. The molecular formula is C14H12N2OS. The van der Waals surface area contributed by atoms with Gasteiger partial charge < -0.3 is 4.57 Å². The molecule has 0 N–H and O–H groups in total. The first-order valence-electron chi connectivity index (χ1n) is 5.68. The summed E-state index contributed by atoms with van der Waals surface area (Å²) in [5, 5.41) is 2.04. The van der Waals surface area contributed by atoms with Crippen molar-refractivity contribution in [2.75, 3.05) is 0 Å². The molecule has 0 unspecified atom stereocenters. The Hall–Kier alpha value is -1.94. The number of thiophene rings is 1. The van der Waals surface area contributed by atoms with Crippen LogP contribution in [0, 0.1) is 0 Å². The molecule has 3 rings (SSSR count). The fourth-order valence-corrected chi connectivity index (χ4v) is 2.79. The number of hydrogen-bond donors (Lipinski definition) is 0. The van der Waals surface area contributed by atoms with E-state index in [0.717, 1.165) is 21.7 Å². The lowest BCUT2D eigenvalue weighted by Gasteiger charge is -1.99. The monoisotopic (exact) mass is 256 g/mol. The van der Waals surface area contributed by atoms with Crippen LogP contribution in [0.1, 0.15) is 17.3 Å². The highest BCUT2D eigenvalue weighted by atomic mass is 32.1. The Kier molecular flexibility index (Phi) is 2.52. The molecule has 2 heterocycles. The molecule has 4 heteroatoms. The third-order valence-corrected chi connectivity index (χ3v) is 3.89. The fraction of sp³-hybridized carbons (Fsp3) is 0.143. The third kappa shape index (κ3) is 1.66. The maximum atomic E-state index is 11.4. The molecule has 0 aliphatic heterocycles. The first-order valence-corrected chi connectivity index (χ1v) is 6.56. The van der Waals surface area contributed by atoms with Crippen LogP contribution in [0.2, 0.25) is 0 Å². The lowest BCUT2D eigenvalue weighted by atomic mass is 10.1. The summed E-state index contributed by atoms with van der Waals surface area (Å²) in [6, 6.07) is 9.73. The summed E-state index contributed by atoms with van der Waals surface area (Å²) in [5.74, 6) is 1.01. The quantitative estimate of drug-likeness (QED) is 0.658. The minimum atomic E-state index is 0.0697. The Bertz CT molecular complexity index is 726. The van der Waals surface area contributed by atoms with E-state index in [1.54, 1.807) is 18.3 Å². The fourth-order valence-electron chi connectivity index (χ4n) is 2.04. The largest absolute Gasteiger partial charge is 0.326 e. The number of benzene rings is 1. The van der Waals surface area contributed by atoms with Crippen molar-refractivity contribution in [3.8, 4) is 10.7 Å². The van der Waals surface area contributed by atoms with E-state index in [2.05, 4.69) is 15.6 Å². The number of carbonyl (C=O) groups is 1. The molecule has 0 amide bonds.